The molecule has 1 saturated heterocycles. The van der Waals surface area contributed by atoms with Gasteiger partial charge in [0.15, 0.2) is 0 Å². The summed E-state index contributed by atoms with van der Waals surface area (Å²) in [7, 11) is 1.69. The fourth-order valence-electron chi connectivity index (χ4n) is 2.54. The molecule has 0 spiro atoms. The van der Waals surface area contributed by atoms with Crippen molar-refractivity contribution in [1.29, 1.82) is 0 Å². The Morgan fingerprint density at radius 2 is 2.37 bits per heavy atom. The molecule has 1 unspecified atom stereocenters. The van der Waals surface area contributed by atoms with Crippen LogP contribution in [0.15, 0.2) is 0 Å². The maximum absolute atomic E-state index is 12.2. The molecule has 0 aromatic carbocycles. The van der Waals surface area contributed by atoms with Crippen molar-refractivity contribution >= 4 is 17.2 Å². The molecule has 1 aliphatic heterocycles. The molecule has 19 heavy (non-hydrogen) atoms. The fraction of sp³-hybridized carbons (Fsp3) is 0.692. The average molecular weight is 283 g/mol. The molecule has 1 aromatic heterocycles. The maximum atomic E-state index is 12.2. The number of ether oxygens (including phenoxy) is 1. The number of carbonyl (C=O) groups excluding carboxylic acids is 1. The lowest BCUT2D eigenvalue weighted by Crippen LogP contribution is -2.52. The summed E-state index contributed by atoms with van der Waals surface area (Å²) in [5.41, 5.74) is 0.693. The van der Waals surface area contributed by atoms with Crippen molar-refractivity contribution in [2.75, 3.05) is 26.8 Å². The minimum absolute atomic E-state index is 0.0349. The first-order valence-electron chi connectivity index (χ1n) is 6.52. The lowest BCUT2D eigenvalue weighted by molar-refractivity contribution is 0.0895. The molecular weight excluding hydrogens is 262 g/mol. The average Bonchev–Trinajstić information content (AvgIpc) is 2.94. The molecule has 0 aliphatic carbocycles. The van der Waals surface area contributed by atoms with Gasteiger partial charge in [0, 0.05) is 13.7 Å². The topological polar surface area (TPSA) is 63.2 Å². The second kappa shape index (κ2) is 5.98. The Hall–Kier alpha value is -0.980. The van der Waals surface area contributed by atoms with Crippen LogP contribution in [0.3, 0.4) is 0 Å². The van der Waals surface area contributed by atoms with E-state index in [1.807, 2.05) is 13.8 Å². The maximum Gasteiger partial charge on any atom is 0.263 e. The number of nitrogens with one attached hydrogen (secondary N) is 2. The summed E-state index contributed by atoms with van der Waals surface area (Å²) in [4.78, 5) is 17.2. The summed E-state index contributed by atoms with van der Waals surface area (Å²) in [6, 6.07) is 0. The van der Waals surface area contributed by atoms with Crippen molar-refractivity contribution in [3.8, 4) is 0 Å². The van der Waals surface area contributed by atoms with Crippen LogP contribution in [0.4, 0.5) is 0 Å². The van der Waals surface area contributed by atoms with Crippen LogP contribution >= 0.6 is 11.3 Å². The van der Waals surface area contributed by atoms with Gasteiger partial charge in [0.2, 0.25) is 0 Å². The van der Waals surface area contributed by atoms with Crippen molar-refractivity contribution in [2.45, 2.75) is 32.2 Å². The van der Waals surface area contributed by atoms with Gasteiger partial charge in [-0.2, -0.15) is 0 Å². The van der Waals surface area contributed by atoms with E-state index < -0.39 is 0 Å². The van der Waals surface area contributed by atoms with Gasteiger partial charge >= 0.3 is 0 Å². The Balaban J connectivity index is 1.97. The van der Waals surface area contributed by atoms with Crippen molar-refractivity contribution in [3.63, 3.8) is 0 Å². The third-order valence-corrected chi connectivity index (χ3v) is 4.52. The number of thiazole rings is 1. The Morgan fingerprint density at radius 3 is 2.89 bits per heavy atom. The third-order valence-electron chi connectivity index (χ3n) is 3.45. The fourth-order valence-corrected chi connectivity index (χ4v) is 3.38. The predicted octanol–water partition coefficient (Wildman–Crippen LogP) is 1.26. The van der Waals surface area contributed by atoms with Gasteiger partial charge in [0.05, 0.1) is 22.8 Å². The number of aryl methyl sites for hydroxylation is 2. The second-order valence-electron chi connectivity index (χ2n) is 5.07. The summed E-state index contributed by atoms with van der Waals surface area (Å²) in [6.07, 6.45) is 2.15. The van der Waals surface area contributed by atoms with Crippen LogP contribution in [0.5, 0.6) is 0 Å². The highest BCUT2D eigenvalue weighted by atomic mass is 32.1. The lowest BCUT2D eigenvalue weighted by atomic mass is 9.98. The zero-order valence-corrected chi connectivity index (χ0v) is 12.5. The van der Waals surface area contributed by atoms with Crippen molar-refractivity contribution in [1.82, 2.24) is 15.6 Å². The van der Waals surface area contributed by atoms with E-state index in [2.05, 4.69) is 15.6 Å². The highest BCUT2D eigenvalue weighted by Gasteiger charge is 2.34. The van der Waals surface area contributed by atoms with E-state index in [1.165, 1.54) is 11.3 Å². The zero-order chi connectivity index (χ0) is 13.9. The summed E-state index contributed by atoms with van der Waals surface area (Å²) in [6.45, 7) is 5.98. The van der Waals surface area contributed by atoms with E-state index in [1.54, 1.807) is 7.11 Å². The van der Waals surface area contributed by atoms with Gasteiger partial charge in [0.1, 0.15) is 4.88 Å². The van der Waals surface area contributed by atoms with Crippen LogP contribution in [-0.2, 0) is 4.74 Å². The Morgan fingerprint density at radius 1 is 1.58 bits per heavy atom. The Labute approximate surface area is 117 Å². The molecule has 1 aromatic rings. The Bertz CT molecular complexity index is 453. The summed E-state index contributed by atoms with van der Waals surface area (Å²) in [5.74, 6) is -0.0349. The highest BCUT2D eigenvalue weighted by molar-refractivity contribution is 7.13. The molecule has 2 rings (SSSR count). The van der Waals surface area contributed by atoms with Crippen LogP contribution < -0.4 is 10.6 Å². The molecule has 106 valence electrons. The smallest absolute Gasteiger partial charge is 0.263 e. The quantitative estimate of drug-likeness (QED) is 0.854. The molecule has 2 heterocycles. The normalized spacial score (nSPS) is 22.7. The van der Waals surface area contributed by atoms with Gasteiger partial charge in [-0.15, -0.1) is 11.3 Å². The number of carbonyl (C=O) groups is 1. The van der Waals surface area contributed by atoms with Crippen LogP contribution in [0, 0.1) is 13.8 Å². The van der Waals surface area contributed by atoms with E-state index in [0.29, 0.717) is 18.0 Å². The Kier molecular flexibility index (Phi) is 4.54. The van der Waals surface area contributed by atoms with Gasteiger partial charge in [-0.05, 0) is 33.2 Å². The number of hydrogen-bond acceptors (Lipinski definition) is 5. The summed E-state index contributed by atoms with van der Waals surface area (Å²) >= 11 is 1.44. The van der Waals surface area contributed by atoms with E-state index in [0.717, 1.165) is 30.1 Å². The van der Waals surface area contributed by atoms with Gasteiger partial charge in [-0.3, -0.25) is 4.79 Å². The van der Waals surface area contributed by atoms with E-state index >= 15 is 0 Å². The van der Waals surface area contributed by atoms with E-state index in [-0.39, 0.29) is 11.4 Å². The molecule has 1 atom stereocenters. The number of nitrogens with zero attached hydrogens (tertiary/aromatic N) is 1. The second-order valence-corrected chi connectivity index (χ2v) is 6.28. The van der Waals surface area contributed by atoms with Crippen molar-refractivity contribution in [2.24, 2.45) is 0 Å². The molecule has 1 amide bonds. The minimum atomic E-state index is -0.113. The van der Waals surface area contributed by atoms with Crippen molar-refractivity contribution in [3.05, 3.63) is 15.6 Å². The van der Waals surface area contributed by atoms with Crippen LogP contribution in [-0.4, -0.2) is 43.2 Å². The number of aromatic nitrogens is 1. The molecule has 1 aliphatic rings. The minimum Gasteiger partial charge on any atom is -0.383 e. The number of amides is 1. The van der Waals surface area contributed by atoms with Crippen LogP contribution in [0.1, 0.15) is 33.2 Å². The van der Waals surface area contributed by atoms with Gasteiger partial charge < -0.3 is 15.4 Å². The largest absolute Gasteiger partial charge is 0.383 e. The third kappa shape index (κ3) is 3.32. The van der Waals surface area contributed by atoms with E-state index in [4.69, 9.17) is 4.74 Å². The monoisotopic (exact) mass is 283 g/mol. The number of hydrogen-bond donors (Lipinski definition) is 2. The molecule has 2 N–H and O–H groups in total. The van der Waals surface area contributed by atoms with Crippen molar-refractivity contribution < 1.29 is 9.53 Å². The van der Waals surface area contributed by atoms with Crippen LogP contribution in [0.2, 0.25) is 0 Å². The first-order chi connectivity index (χ1) is 9.06. The molecule has 6 heteroatoms. The predicted molar refractivity (Wildman–Crippen MR) is 75.8 cm³/mol. The number of methoxy groups -OCH3 is 1. The molecular formula is C13H21N3O2S. The zero-order valence-electron chi connectivity index (χ0n) is 11.7. The molecule has 1 fully saturated rings. The van der Waals surface area contributed by atoms with Gasteiger partial charge in [-0.25, -0.2) is 4.98 Å². The first kappa shape index (κ1) is 14.4. The van der Waals surface area contributed by atoms with Crippen LogP contribution in [0.25, 0.3) is 0 Å². The SMILES string of the molecule is COCC1(CNC(=O)c2sc(C)nc2C)CCCN1. The van der Waals surface area contributed by atoms with Gasteiger partial charge in [0.25, 0.3) is 5.91 Å². The van der Waals surface area contributed by atoms with E-state index in [9.17, 15) is 4.79 Å². The summed E-state index contributed by atoms with van der Waals surface area (Å²) < 4.78 is 5.27. The molecule has 0 radical (unpaired) electrons. The first-order valence-corrected chi connectivity index (χ1v) is 7.34. The number of rotatable bonds is 5. The standard InChI is InChI=1S/C13H21N3O2S/c1-9-11(19-10(2)16-9)12(17)14-7-13(8-18-3)5-4-6-15-13/h15H,4-8H2,1-3H3,(H,14,17). The highest BCUT2D eigenvalue weighted by Crippen LogP contribution is 2.20. The molecule has 0 saturated carbocycles. The van der Waals surface area contributed by atoms with Gasteiger partial charge in [-0.1, -0.05) is 0 Å². The summed E-state index contributed by atoms with van der Waals surface area (Å²) in [5, 5.41) is 7.38. The lowest BCUT2D eigenvalue weighted by Gasteiger charge is -2.28. The molecule has 5 nitrogen and oxygen atoms in total. The molecule has 0 bridgehead atoms.